The van der Waals surface area contributed by atoms with E-state index in [9.17, 15) is 4.79 Å². The lowest BCUT2D eigenvalue weighted by Crippen LogP contribution is -2.29. The van der Waals surface area contributed by atoms with E-state index in [4.69, 9.17) is 66.3 Å². The van der Waals surface area contributed by atoms with Crippen LogP contribution in [0.25, 0.3) is 0 Å². The average molecular weight is 711 g/mol. The molecule has 288 valence electrons. The van der Waals surface area contributed by atoms with Gasteiger partial charge in [-0.2, -0.15) is 0 Å². The van der Waals surface area contributed by atoms with Crippen molar-refractivity contribution in [2.24, 2.45) is 0 Å². The number of carbonyl (C=O) groups excluding carboxylic acids is 1. The van der Waals surface area contributed by atoms with Crippen LogP contribution < -0.4 is 0 Å². The summed E-state index contributed by atoms with van der Waals surface area (Å²) >= 11 is 0. The van der Waals surface area contributed by atoms with Crippen molar-refractivity contribution in [3.05, 3.63) is 11.6 Å². The summed E-state index contributed by atoms with van der Waals surface area (Å²) in [5, 5.41) is 0. The van der Waals surface area contributed by atoms with Gasteiger partial charge in [-0.3, -0.25) is 4.79 Å². The molecule has 0 N–H and O–H groups in total. The highest BCUT2D eigenvalue weighted by atomic mass is 16.6. The molecule has 2 fully saturated rings. The van der Waals surface area contributed by atoms with Crippen LogP contribution >= 0.6 is 0 Å². The largest absolute Gasteiger partial charge is 0.379 e. The maximum Gasteiger partial charge on any atom is 0.152 e. The molecule has 0 saturated carbocycles. The normalized spacial score (nSPS) is 24.6. The fraction of sp³-hybridized carbons (Fsp3) is 0.912. The van der Waals surface area contributed by atoms with Gasteiger partial charge in [-0.05, 0) is 31.4 Å². The van der Waals surface area contributed by atoms with Crippen LogP contribution in [0.3, 0.4) is 0 Å². The molecule has 0 aliphatic carbocycles. The van der Waals surface area contributed by atoms with Crippen LogP contribution in [0.4, 0.5) is 0 Å². The van der Waals surface area contributed by atoms with Crippen molar-refractivity contribution >= 4 is 5.78 Å². The zero-order valence-electron chi connectivity index (χ0n) is 29.7. The fourth-order valence-electron chi connectivity index (χ4n) is 4.44. The maximum absolute atomic E-state index is 11.9. The van der Waals surface area contributed by atoms with E-state index in [1.165, 1.54) is 6.92 Å². The van der Waals surface area contributed by atoms with Crippen LogP contribution in [0, 0.1) is 0 Å². The van der Waals surface area contributed by atoms with Gasteiger partial charge >= 0.3 is 0 Å². The van der Waals surface area contributed by atoms with Gasteiger partial charge < -0.3 is 66.3 Å². The van der Waals surface area contributed by atoms with E-state index in [1.807, 2.05) is 0 Å². The van der Waals surface area contributed by atoms with Crippen molar-refractivity contribution in [2.75, 3.05) is 172 Å². The molecular formula is C34H62O15. The quantitative estimate of drug-likeness (QED) is 0.224. The fourth-order valence-corrected chi connectivity index (χ4v) is 4.44. The molecular weight excluding hydrogens is 648 g/mol. The summed E-state index contributed by atoms with van der Waals surface area (Å²) < 4.78 is 79.5. The Balaban J connectivity index is 1.70. The van der Waals surface area contributed by atoms with E-state index in [-0.39, 0.29) is 18.0 Å². The lowest BCUT2D eigenvalue weighted by molar-refractivity contribution is -0.112. The number of ketones is 1. The van der Waals surface area contributed by atoms with Crippen molar-refractivity contribution in [3.8, 4) is 0 Å². The molecule has 2 atom stereocenters. The van der Waals surface area contributed by atoms with E-state index in [0.29, 0.717) is 185 Å². The van der Waals surface area contributed by atoms with Gasteiger partial charge in [0.15, 0.2) is 5.78 Å². The molecule has 0 spiro atoms. The summed E-state index contributed by atoms with van der Waals surface area (Å²) in [5.74, 6) is -0.0325. The van der Waals surface area contributed by atoms with Gasteiger partial charge in [-0.1, -0.05) is 0 Å². The lowest BCUT2D eigenvalue weighted by Gasteiger charge is -2.20. The van der Waals surface area contributed by atoms with E-state index in [2.05, 4.69) is 0 Å². The Morgan fingerprint density at radius 3 is 1.24 bits per heavy atom. The minimum Gasteiger partial charge on any atom is -0.379 e. The highest BCUT2D eigenvalue weighted by Crippen LogP contribution is 2.09. The van der Waals surface area contributed by atoms with Crippen LogP contribution in [-0.2, 0) is 71.1 Å². The summed E-state index contributed by atoms with van der Waals surface area (Å²) in [6.45, 7) is 13.3. The molecule has 2 saturated heterocycles. The Labute approximate surface area is 292 Å². The number of rotatable bonds is 11. The Morgan fingerprint density at radius 2 is 0.857 bits per heavy atom. The van der Waals surface area contributed by atoms with Crippen LogP contribution in [0.1, 0.15) is 19.8 Å². The predicted octanol–water partition coefficient (Wildman–Crippen LogP) is 1.28. The van der Waals surface area contributed by atoms with E-state index >= 15 is 0 Å². The highest BCUT2D eigenvalue weighted by Gasteiger charge is 2.13. The van der Waals surface area contributed by atoms with Gasteiger partial charge in [0.25, 0.3) is 0 Å². The summed E-state index contributed by atoms with van der Waals surface area (Å²) in [6, 6.07) is 0. The zero-order valence-corrected chi connectivity index (χ0v) is 29.7. The monoisotopic (exact) mass is 710 g/mol. The van der Waals surface area contributed by atoms with Crippen LogP contribution in [0.5, 0.6) is 0 Å². The standard InChI is InChI=1S/C34H62O15/c1-31(35)25-32(26-47-30-34-29-46-20-18-41-12-10-37-6-8-39-14-16-43-22-24-49-34)3-2-4-44-27-33-28-45-19-17-40-11-9-36-5-7-38-13-15-42-21-23-48-33/h25,33-34H,2-24,26-30H2,1H3/b32-25+. The topological polar surface area (TPSA) is 146 Å². The van der Waals surface area contributed by atoms with Crippen molar-refractivity contribution in [1.29, 1.82) is 0 Å². The van der Waals surface area contributed by atoms with Gasteiger partial charge in [-0.15, -0.1) is 0 Å². The summed E-state index contributed by atoms with van der Waals surface area (Å²) in [6.07, 6.45) is 2.44. The Morgan fingerprint density at radius 1 is 0.510 bits per heavy atom. The Kier molecular flexibility index (Phi) is 30.5. The zero-order chi connectivity index (χ0) is 34.7. The first-order valence-electron chi connectivity index (χ1n) is 17.6. The molecule has 0 bridgehead atoms. The number of ether oxygens (including phenoxy) is 14. The molecule has 0 aromatic rings. The first-order chi connectivity index (χ1) is 24.2. The van der Waals surface area contributed by atoms with Gasteiger partial charge in [0.1, 0.15) is 12.2 Å². The third-order valence-corrected chi connectivity index (χ3v) is 6.83. The second-order valence-electron chi connectivity index (χ2n) is 11.1. The lowest BCUT2D eigenvalue weighted by atomic mass is 10.1. The average Bonchev–Trinajstić information content (AvgIpc) is 3.08. The van der Waals surface area contributed by atoms with Crippen molar-refractivity contribution < 1.29 is 71.1 Å². The first kappa shape index (κ1) is 44.0. The molecule has 2 rings (SSSR count). The molecule has 49 heavy (non-hydrogen) atoms. The van der Waals surface area contributed by atoms with Crippen molar-refractivity contribution in [2.45, 2.75) is 32.0 Å². The molecule has 0 aromatic heterocycles. The summed E-state index contributed by atoms with van der Waals surface area (Å²) in [4.78, 5) is 11.9. The van der Waals surface area contributed by atoms with Gasteiger partial charge in [0.2, 0.25) is 0 Å². The van der Waals surface area contributed by atoms with Crippen molar-refractivity contribution in [1.82, 2.24) is 0 Å². The Hall–Kier alpha value is -1.15. The molecule has 2 aliphatic heterocycles. The molecule has 15 heteroatoms. The molecule has 2 heterocycles. The van der Waals surface area contributed by atoms with Crippen LogP contribution in [-0.4, -0.2) is 190 Å². The number of hydrogen-bond acceptors (Lipinski definition) is 15. The molecule has 0 aromatic carbocycles. The third-order valence-electron chi connectivity index (χ3n) is 6.83. The second kappa shape index (κ2) is 34.0. The molecule has 0 amide bonds. The minimum absolute atomic E-state index is 0.0325. The second-order valence-corrected chi connectivity index (χ2v) is 11.1. The molecule has 2 unspecified atom stereocenters. The van der Waals surface area contributed by atoms with Crippen LogP contribution in [0.15, 0.2) is 11.6 Å². The van der Waals surface area contributed by atoms with Gasteiger partial charge in [0, 0.05) is 6.61 Å². The molecule has 2 aliphatic rings. The SMILES string of the molecule is CC(=O)/C=C(\CCCOCC1COCCOCCOCCOCCOCCO1)COCC1COCCOCCOCCOCCOCCO1. The summed E-state index contributed by atoms with van der Waals surface area (Å²) in [5.41, 5.74) is 0.887. The van der Waals surface area contributed by atoms with E-state index < -0.39 is 0 Å². The van der Waals surface area contributed by atoms with Crippen molar-refractivity contribution in [3.63, 3.8) is 0 Å². The predicted molar refractivity (Wildman–Crippen MR) is 177 cm³/mol. The minimum atomic E-state index is -0.298. The highest BCUT2D eigenvalue weighted by molar-refractivity contribution is 5.87. The number of hydrogen-bond donors (Lipinski definition) is 0. The van der Waals surface area contributed by atoms with Crippen LogP contribution in [0.2, 0.25) is 0 Å². The number of allylic oxidation sites excluding steroid dienone is 1. The van der Waals surface area contributed by atoms with Gasteiger partial charge in [0.05, 0.1) is 165 Å². The number of carbonyl (C=O) groups is 1. The Bertz CT molecular complexity index is 736. The third kappa shape index (κ3) is 29.2. The van der Waals surface area contributed by atoms with E-state index in [1.54, 1.807) is 6.08 Å². The maximum atomic E-state index is 11.9. The van der Waals surface area contributed by atoms with E-state index in [0.717, 1.165) is 5.57 Å². The summed E-state index contributed by atoms with van der Waals surface area (Å²) in [7, 11) is 0. The molecule has 0 radical (unpaired) electrons. The molecule has 15 nitrogen and oxygen atoms in total. The smallest absolute Gasteiger partial charge is 0.152 e. The first-order valence-corrected chi connectivity index (χ1v) is 17.6. The van der Waals surface area contributed by atoms with Gasteiger partial charge in [-0.25, -0.2) is 0 Å².